The zero-order chi connectivity index (χ0) is 15.3. The van der Waals surface area contributed by atoms with Crippen LogP contribution in [0, 0.1) is 5.82 Å². The topological polar surface area (TPSA) is 30.5 Å². The molecule has 0 saturated heterocycles. The van der Waals surface area contributed by atoms with E-state index in [1.807, 2.05) is 6.07 Å². The molecule has 1 fully saturated rings. The van der Waals surface area contributed by atoms with Gasteiger partial charge in [0, 0.05) is 13.2 Å². The molecular weight excluding hydrogens is 269 g/mol. The van der Waals surface area contributed by atoms with Crippen LogP contribution in [0.4, 0.5) is 4.39 Å². The molecule has 21 heavy (non-hydrogen) atoms. The number of methoxy groups -OCH3 is 2. The molecule has 4 heteroatoms. The molecule has 118 valence electrons. The minimum Gasteiger partial charge on any atom is -0.494 e. The number of rotatable bonds is 7. The van der Waals surface area contributed by atoms with Crippen LogP contribution in [0.2, 0.25) is 0 Å². The quantitative estimate of drug-likeness (QED) is 0.837. The maximum atomic E-state index is 13.9. The van der Waals surface area contributed by atoms with Crippen LogP contribution in [-0.4, -0.2) is 32.4 Å². The molecular formula is C17H26FNO2. The molecule has 2 rings (SSSR count). The normalized spacial score (nSPS) is 18.7. The monoisotopic (exact) mass is 295 g/mol. The Kier molecular flexibility index (Phi) is 5.59. The van der Waals surface area contributed by atoms with E-state index in [0.29, 0.717) is 5.75 Å². The molecule has 1 aromatic rings. The number of hydrogen-bond donors (Lipinski definition) is 1. The summed E-state index contributed by atoms with van der Waals surface area (Å²) in [5.41, 5.74) is 0.856. The lowest BCUT2D eigenvalue weighted by Crippen LogP contribution is -2.51. The Hall–Kier alpha value is -1.13. The van der Waals surface area contributed by atoms with Gasteiger partial charge in [0.1, 0.15) is 0 Å². The smallest absolute Gasteiger partial charge is 0.165 e. The molecule has 0 heterocycles. The molecule has 0 spiro atoms. The van der Waals surface area contributed by atoms with Crippen LogP contribution in [0.15, 0.2) is 18.2 Å². The molecule has 1 N–H and O–H groups in total. The summed E-state index contributed by atoms with van der Waals surface area (Å²) in [6.45, 7) is 2.98. The van der Waals surface area contributed by atoms with Gasteiger partial charge in [0.25, 0.3) is 0 Å². The van der Waals surface area contributed by atoms with Crippen molar-refractivity contribution < 1.29 is 13.9 Å². The highest BCUT2D eigenvalue weighted by Gasteiger charge is 2.41. The highest BCUT2D eigenvalue weighted by molar-refractivity contribution is 5.30. The van der Waals surface area contributed by atoms with Crippen molar-refractivity contribution >= 4 is 0 Å². The van der Waals surface area contributed by atoms with E-state index in [-0.39, 0.29) is 17.5 Å². The third-order valence-corrected chi connectivity index (χ3v) is 4.60. The number of benzene rings is 1. The van der Waals surface area contributed by atoms with Gasteiger partial charge in [-0.1, -0.05) is 25.8 Å². The second-order valence-electron chi connectivity index (χ2n) is 5.76. The van der Waals surface area contributed by atoms with Gasteiger partial charge in [-0.15, -0.1) is 0 Å². The van der Waals surface area contributed by atoms with Gasteiger partial charge in [-0.05, 0) is 43.5 Å². The molecule has 1 aliphatic carbocycles. The van der Waals surface area contributed by atoms with Gasteiger partial charge in [-0.2, -0.15) is 0 Å². The molecule has 1 atom stereocenters. The fraction of sp³-hybridized carbons (Fsp3) is 0.647. The van der Waals surface area contributed by atoms with Crippen molar-refractivity contribution in [1.82, 2.24) is 5.32 Å². The highest BCUT2D eigenvalue weighted by atomic mass is 19.1. The minimum absolute atomic E-state index is 0.119. The molecule has 1 unspecified atom stereocenters. The summed E-state index contributed by atoms with van der Waals surface area (Å²) in [6.07, 6.45) is 5.31. The van der Waals surface area contributed by atoms with E-state index in [0.717, 1.165) is 31.4 Å². The van der Waals surface area contributed by atoms with Crippen LogP contribution in [0.3, 0.4) is 0 Å². The Morgan fingerprint density at radius 1 is 1.29 bits per heavy atom. The highest BCUT2D eigenvalue weighted by Crippen LogP contribution is 2.37. The number of nitrogens with one attached hydrogen (secondary N) is 1. The first kappa shape index (κ1) is 16.2. The van der Waals surface area contributed by atoms with E-state index in [1.165, 1.54) is 20.0 Å². The third-order valence-electron chi connectivity index (χ3n) is 4.60. The first-order valence-electron chi connectivity index (χ1n) is 7.76. The molecule has 3 nitrogen and oxygen atoms in total. The molecule has 0 bridgehead atoms. The summed E-state index contributed by atoms with van der Waals surface area (Å²) in [7, 11) is 3.28. The number of halogens is 1. The Morgan fingerprint density at radius 3 is 2.52 bits per heavy atom. The van der Waals surface area contributed by atoms with Crippen LogP contribution < -0.4 is 10.1 Å². The summed E-state index contributed by atoms with van der Waals surface area (Å²) < 4.78 is 24.7. The Morgan fingerprint density at radius 2 is 2.00 bits per heavy atom. The summed E-state index contributed by atoms with van der Waals surface area (Å²) in [5, 5.41) is 3.53. The van der Waals surface area contributed by atoms with E-state index in [9.17, 15) is 4.39 Å². The SMILES string of the molecule is CCNC(Cc1ccc(OC)c(F)c1)C1(OC)CCCC1. The van der Waals surface area contributed by atoms with Crippen molar-refractivity contribution in [2.45, 2.75) is 50.7 Å². The van der Waals surface area contributed by atoms with Crippen molar-refractivity contribution in [1.29, 1.82) is 0 Å². The van der Waals surface area contributed by atoms with Crippen molar-refractivity contribution in [3.05, 3.63) is 29.6 Å². The minimum atomic E-state index is -0.303. The summed E-state index contributed by atoms with van der Waals surface area (Å²) >= 11 is 0. The van der Waals surface area contributed by atoms with Gasteiger partial charge in [-0.3, -0.25) is 0 Å². The second-order valence-corrected chi connectivity index (χ2v) is 5.76. The first-order chi connectivity index (χ1) is 10.1. The number of hydrogen-bond acceptors (Lipinski definition) is 3. The maximum absolute atomic E-state index is 13.9. The van der Waals surface area contributed by atoms with Crippen molar-refractivity contribution in [2.75, 3.05) is 20.8 Å². The zero-order valence-electron chi connectivity index (χ0n) is 13.2. The van der Waals surface area contributed by atoms with Gasteiger partial charge >= 0.3 is 0 Å². The van der Waals surface area contributed by atoms with Crippen LogP contribution in [0.1, 0.15) is 38.2 Å². The third kappa shape index (κ3) is 3.55. The Balaban J connectivity index is 2.17. The molecule has 0 aliphatic heterocycles. The van der Waals surface area contributed by atoms with Gasteiger partial charge in [0.15, 0.2) is 11.6 Å². The predicted molar refractivity (Wildman–Crippen MR) is 82.3 cm³/mol. The zero-order valence-corrected chi connectivity index (χ0v) is 13.2. The Bertz CT molecular complexity index is 458. The van der Waals surface area contributed by atoms with E-state index in [4.69, 9.17) is 9.47 Å². The van der Waals surface area contributed by atoms with Crippen LogP contribution in [0.5, 0.6) is 5.75 Å². The number of likely N-dealkylation sites (N-methyl/N-ethyl adjacent to an activating group) is 1. The predicted octanol–water partition coefficient (Wildman–Crippen LogP) is 3.31. The van der Waals surface area contributed by atoms with E-state index in [2.05, 4.69) is 12.2 Å². The Labute approximate surface area is 126 Å². The van der Waals surface area contributed by atoms with E-state index in [1.54, 1.807) is 19.2 Å². The van der Waals surface area contributed by atoms with Gasteiger partial charge in [-0.25, -0.2) is 4.39 Å². The van der Waals surface area contributed by atoms with Crippen LogP contribution in [-0.2, 0) is 11.2 Å². The number of ether oxygens (including phenoxy) is 2. The molecule has 0 aromatic heterocycles. The maximum Gasteiger partial charge on any atom is 0.165 e. The lowest BCUT2D eigenvalue weighted by Gasteiger charge is -2.37. The van der Waals surface area contributed by atoms with E-state index < -0.39 is 0 Å². The lowest BCUT2D eigenvalue weighted by molar-refractivity contribution is -0.0351. The van der Waals surface area contributed by atoms with Crippen molar-refractivity contribution in [3.8, 4) is 5.75 Å². The van der Waals surface area contributed by atoms with Gasteiger partial charge in [0.2, 0.25) is 0 Å². The summed E-state index contributed by atoms with van der Waals surface area (Å²) in [5.74, 6) is -0.00999. The molecule has 0 amide bonds. The molecule has 0 radical (unpaired) electrons. The van der Waals surface area contributed by atoms with Crippen molar-refractivity contribution in [2.24, 2.45) is 0 Å². The largest absolute Gasteiger partial charge is 0.494 e. The summed E-state index contributed by atoms with van der Waals surface area (Å²) in [4.78, 5) is 0. The standard InChI is InChI=1S/C17H26FNO2/c1-4-19-16(17(21-3)9-5-6-10-17)12-13-7-8-15(20-2)14(18)11-13/h7-8,11,16,19H,4-6,9-10,12H2,1-3H3. The van der Waals surface area contributed by atoms with Crippen molar-refractivity contribution in [3.63, 3.8) is 0 Å². The van der Waals surface area contributed by atoms with Crippen LogP contribution in [0.25, 0.3) is 0 Å². The summed E-state index contributed by atoms with van der Waals surface area (Å²) in [6, 6.07) is 5.41. The average molecular weight is 295 g/mol. The lowest BCUT2D eigenvalue weighted by atomic mass is 9.87. The van der Waals surface area contributed by atoms with Crippen LogP contribution >= 0.6 is 0 Å². The fourth-order valence-electron chi connectivity index (χ4n) is 3.43. The second kappa shape index (κ2) is 7.23. The van der Waals surface area contributed by atoms with Gasteiger partial charge < -0.3 is 14.8 Å². The average Bonchev–Trinajstić information content (AvgIpc) is 2.97. The van der Waals surface area contributed by atoms with E-state index >= 15 is 0 Å². The first-order valence-corrected chi connectivity index (χ1v) is 7.76. The molecule has 1 aromatic carbocycles. The van der Waals surface area contributed by atoms with Gasteiger partial charge in [0.05, 0.1) is 12.7 Å². The molecule has 1 aliphatic rings. The fourth-order valence-corrected chi connectivity index (χ4v) is 3.43. The molecule has 1 saturated carbocycles.